The normalized spacial score (nSPS) is 15.4. The highest BCUT2D eigenvalue weighted by molar-refractivity contribution is 8.18. The number of hydrogen-bond acceptors (Lipinski definition) is 5. The van der Waals surface area contributed by atoms with E-state index in [2.05, 4.69) is 0 Å². The highest BCUT2D eigenvalue weighted by atomic mass is 32.2. The van der Waals surface area contributed by atoms with E-state index in [4.69, 9.17) is 9.84 Å². The Kier molecular flexibility index (Phi) is 5.56. The number of nitrogens with zero attached hydrogens (tertiary/aromatic N) is 1. The van der Waals surface area contributed by atoms with Crippen molar-refractivity contribution < 1.29 is 28.6 Å². The minimum absolute atomic E-state index is 0.0596. The smallest absolute Gasteiger partial charge is 0.341 e. The molecule has 1 saturated heterocycles. The molecule has 1 heterocycles. The first-order valence-corrected chi connectivity index (χ1v) is 8.68. The van der Waals surface area contributed by atoms with Gasteiger partial charge in [-0.15, -0.1) is 0 Å². The highest BCUT2D eigenvalue weighted by Gasteiger charge is 2.34. The van der Waals surface area contributed by atoms with E-state index in [-0.39, 0.29) is 11.4 Å². The van der Waals surface area contributed by atoms with Gasteiger partial charge in [0.15, 0.2) is 6.61 Å². The predicted octanol–water partition coefficient (Wildman–Crippen LogP) is 3.53. The number of carboxylic acids is 1. The van der Waals surface area contributed by atoms with Crippen LogP contribution >= 0.6 is 11.8 Å². The number of halogens is 1. The number of imide groups is 1. The van der Waals surface area contributed by atoms with E-state index in [9.17, 15) is 18.8 Å². The molecular weight excluding hydrogens is 373 g/mol. The van der Waals surface area contributed by atoms with Crippen LogP contribution in [0.15, 0.2) is 53.4 Å². The van der Waals surface area contributed by atoms with Crippen molar-refractivity contribution in [3.8, 4) is 5.75 Å². The van der Waals surface area contributed by atoms with E-state index in [1.807, 2.05) is 0 Å². The van der Waals surface area contributed by atoms with Crippen molar-refractivity contribution in [2.24, 2.45) is 0 Å². The summed E-state index contributed by atoms with van der Waals surface area (Å²) >= 11 is 0.813. The second-order valence-electron chi connectivity index (χ2n) is 5.65. The molecule has 0 atom stereocenters. The molecule has 2 aromatic carbocycles. The number of aliphatic carboxylic acids is 1. The van der Waals surface area contributed by atoms with Gasteiger partial charge in [-0.1, -0.05) is 24.3 Å². The Balaban J connectivity index is 1.75. The Bertz CT molecular complexity index is 926. The van der Waals surface area contributed by atoms with Crippen LogP contribution in [-0.2, 0) is 16.1 Å². The number of carbonyl (C=O) groups is 3. The first-order chi connectivity index (χ1) is 12.9. The van der Waals surface area contributed by atoms with Crippen molar-refractivity contribution in [3.05, 3.63) is 70.4 Å². The van der Waals surface area contributed by atoms with Crippen LogP contribution in [0.1, 0.15) is 11.1 Å². The van der Waals surface area contributed by atoms with Gasteiger partial charge in [0.2, 0.25) is 0 Å². The topological polar surface area (TPSA) is 83.9 Å². The number of rotatable bonds is 6. The second-order valence-corrected chi connectivity index (χ2v) is 6.64. The first kappa shape index (κ1) is 18.7. The van der Waals surface area contributed by atoms with Crippen molar-refractivity contribution in [2.45, 2.75) is 6.54 Å². The van der Waals surface area contributed by atoms with Crippen LogP contribution < -0.4 is 4.74 Å². The third kappa shape index (κ3) is 4.73. The molecule has 0 radical (unpaired) electrons. The van der Waals surface area contributed by atoms with Crippen LogP contribution in [0.5, 0.6) is 5.75 Å². The van der Waals surface area contributed by atoms with E-state index in [0.29, 0.717) is 16.9 Å². The maximum absolute atomic E-state index is 13.0. The molecule has 0 bridgehead atoms. The summed E-state index contributed by atoms with van der Waals surface area (Å²) < 4.78 is 18.1. The zero-order valence-electron chi connectivity index (χ0n) is 13.9. The summed E-state index contributed by atoms with van der Waals surface area (Å²) in [7, 11) is 0. The second kappa shape index (κ2) is 8.05. The molecule has 0 saturated carbocycles. The molecule has 27 heavy (non-hydrogen) atoms. The quantitative estimate of drug-likeness (QED) is 0.764. The SMILES string of the molecule is O=C(O)COc1cccc(/C=C2/SC(=O)N(Cc3ccc(F)cc3)C2=O)c1. The molecule has 1 aliphatic heterocycles. The fraction of sp³-hybridized carbons (Fsp3) is 0.105. The van der Waals surface area contributed by atoms with Crippen molar-refractivity contribution in [1.82, 2.24) is 4.90 Å². The van der Waals surface area contributed by atoms with Crippen LogP contribution in [0.4, 0.5) is 9.18 Å². The summed E-state index contributed by atoms with van der Waals surface area (Å²) in [6.45, 7) is -0.415. The summed E-state index contributed by atoms with van der Waals surface area (Å²) in [4.78, 5) is 36.6. The van der Waals surface area contributed by atoms with E-state index >= 15 is 0 Å². The minimum atomic E-state index is -1.10. The summed E-state index contributed by atoms with van der Waals surface area (Å²) in [5, 5.41) is 8.25. The third-order valence-electron chi connectivity index (χ3n) is 3.65. The Morgan fingerprint density at radius 3 is 2.63 bits per heavy atom. The molecule has 0 aromatic heterocycles. The van der Waals surface area contributed by atoms with Crippen molar-refractivity contribution >= 4 is 35.0 Å². The van der Waals surface area contributed by atoms with Crippen LogP contribution in [0, 0.1) is 5.82 Å². The van der Waals surface area contributed by atoms with Gasteiger partial charge in [0.25, 0.3) is 11.1 Å². The van der Waals surface area contributed by atoms with Gasteiger partial charge >= 0.3 is 5.97 Å². The molecule has 0 spiro atoms. The zero-order chi connectivity index (χ0) is 19.4. The summed E-state index contributed by atoms with van der Waals surface area (Å²) in [5.74, 6) is -1.58. The van der Waals surface area contributed by atoms with E-state index in [1.165, 1.54) is 24.3 Å². The van der Waals surface area contributed by atoms with Crippen LogP contribution in [-0.4, -0.2) is 33.7 Å². The largest absolute Gasteiger partial charge is 0.482 e. The lowest BCUT2D eigenvalue weighted by atomic mass is 10.2. The third-order valence-corrected chi connectivity index (χ3v) is 4.55. The van der Waals surface area contributed by atoms with E-state index in [0.717, 1.165) is 16.7 Å². The first-order valence-electron chi connectivity index (χ1n) is 7.87. The average molecular weight is 387 g/mol. The van der Waals surface area contributed by atoms with Gasteiger partial charge in [0.05, 0.1) is 11.4 Å². The number of carboxylic acid groups (broad SMARTS) is 1. The van der Waals surface area contributed by atoms with Crippen molar-refractivity contribution in [2.75, 3.05) is 6.61 Å². The van der Waals surface area contributed by atoms with Gasteiger partial charge in [-0.05, 0) is 53.2 Å². The van der Waals surface area contributed by atoms with Crippen LogP contribution in [0.2, 0.25) is 0 Å². The Morgan fingerprint density at radius 2 is 1.93 bits per heavy atom. The molecule has 1 aliphatic rings. The van der Waals surface area contributed by atoms with Gasteiger partial charge in [-0.2, -0.15) is 0 Å². The number of ether oxygens (including phenoxy) is 1. The summed E-state index contributed by atoms with van der Waals surface area (Å²) in [5.41, 5.74) is 1.24. The van der Waals surface area contributed by atoms with Gasteiger partial charge in [0, 0.05) is 0 Å². The molecular formula is C19H14FNO5S. The van der Waals surface area contributed by atoms with Crippen molar-refractivity contribution in [1.29, 1.82) is 0 Å². The van der Waals surface area contributed by atoms with Crippen LogP contribution in [0.25, 0.3) is 6.08 Å². The molecule has 3 rings (SSSR count). The number of amides is 2. The Labute approximate surface area is 158 Å². The average Bonchev–Trinajstić information content (AvgIpc) is 2.89. The lowest BCUT2D eigenvalue weighted by Crippen LogP contribution is -2.27. The molecule has 1 fully saturated rings. The van der Waals surface area contributed by atoms with Crippen molar-refractivity contribution in [3.63, 3.8) is 0 Å². The monoisotopic (exact) mass is 387 g/mol. The lowest BCUT2D eigenvalue weighted by molar-refractivity contribution is -0.139. The molecule has 0 aliphatic carbocycles. The predicted molar refractivity (Wildman–Crippen MR) is 97.5 cm³/mol. The molecule has 1 N–H and O–H groups in total. The minimum Gasteiger partial charge on any atom is -0.482 e. The van der Waals surface area contributed by atoms with Crippen LogP contribution in [0.3, 0.4) is 0 Å². The molecule has 2 aromatic rings. The molecule has 6 nitrogen and oxygen atoms in total. The zero-order valence-corrected chi connectivity index (χ0v) is 14.7. The molecule has 8 heteroatoms. The summed E-state index contributed by atoms with van der Waals surface area (Å²) in [6.07, 6.45) is 1.54. The van der Waals surface area contributed by atoms with E-state index in [1.54, 1.807) is 30.3 Å². The fourth-order valence-electron chi connectivity index (χ4n) is 2.40. The standard InChI is InChI=1S/C19H14FNO5S/c20-14-6-4-12(5-7-14)10-21-18(24)16(27-19(21)25)9-13-2-1-3-15(8-13)26-11-17(22)23/h1-9H,10-11H2,(H,22,23)/b16-9+. The number of thioether (sulfide) groups is 1. The lowest BCUT2D eigenvalue weighted by Gasteiger charge is -2.12. The van der Waals surface area contributed by atoms with Gasteiger partial charge in [-0.25, -0.2) is 9.18 Å². The maximum Gasteiger partial charge on any atom is 0.341 e. The Hall–Kier alpha value is -3.13. The molecule has 2 amide bonds. The highest BCUT2D eigenvalue weighted by Crippen LogP contribution is 2.33. The number of carbonyl (C=O) groups excluding carboxylic acids is 2. The molecule has 0 unspecified atom stereocenters. The summed E-state index contributed by atoms with van der Waals surface area (Å²) in [6, 6.07) is 12.1. The molecule has 138 valence electrons. The number of benzene rings is 2. The number of hydrogen-bond donors (Lipinski definition) is 1. The van der Waals surface area contributed by atoms with Gasteiger partial charge in [0.1, 0.15) is 11.6 Å². The van der Waals surface area contributed by atoms with Gasteiger partial charge in [-0.3, -0.25) is 14.5 Å². The maximum atomic E-state index is 13.0. The van der Waals surface area contributed by atoms with Gasteiger partial charge < -0.3 is 9.84 Å². The van der Waals surface area contributed by atoms with E-state index < -0.39 is 29.5 Å². The Morgan fingerprint density at radius 1 is 1.19 bits per heavy atom. The fourth-order valence-corrected chi connectivity index (χ4v) is 3.24.